The first-order valence-electron chi connectivity index (χ1n) is 9.84. The molecule has 0 saturated heterocycles. The number of rotatable bonds is 10. The summed E-state index contributed by atoms with van der Waals surface area (Å²) in [7, 11) is 0. The number of amides is 1. The molecule has 3 aromatic rings. The summed E-state index contributed by atoms with van der Waals surface area (Å²) in [5.41, 5.74) is 2.19. The molecule has 0 radical (unpaired) electrons. The number of carboxylic acids is 1. The SMILES string of the molecule is O=C(O)CCN(Cc1ccccc1)C(=O)CCNCc1cccc2ccccc12. The van der Waals surface area contributed by atoms with Gasteiger partial charge in [-0.2, -0.15) is 0 Å². The summed E-state index contributed by atoms with van der Waals surface area (Å²) in [4.78, 5) is 25.3. The van der Waals surface area contributed by atoms with E-state index in [0.29, 0.717) is 26.1 Å². The minimum atomic E-state index is -0.898. The van der Waals surface area contributed by atoms with Crippen LogP contribution in [0.5, 0.6) is 0 Å². The van der Waals surface area contributed by atoms with Crippen LogP contribution in [0.2, 0.25) is 0 Å². The average molecular weight is 390 g/mol. The highest BCUT2D eigenvalue weighted by atomic mass is 16.4. The maximum atomic E-state index is 12.7. The number of hydrogen-bond donors (Lipinski definition) is 2. The number of hydrogen-bond acceptors (Lipinski definition) is 3. The molecule has 0 atom stereocenters. The van der Waals surface area contributed by atoms with Crippen molar-refractivity contribution < 1.29 is 14.7 Å². The van der Waals surface area contributed by atoms with Crippen molar-refractivity contribution in [3.63, 3.8) is 0 Å². The van der Waals surface area contributed by atoms with E-state index in [9.17, 15) is 9.59 Å². The van der Waals surface area contributed by atoms with Crippen molar-refractivity contribution in [2.24, 2.45) is 0 Å². The number of aliphatic carboxylic acids is 1. The Hall–Kier alpha value is -3.18. The van der Waals surface area contributed by atoms with E-state index in [-0.39, 0.29) is 18.9 Å². The number of nitrogens with one attached hydrogen (secondary N) is 1. The fraction of sp³-hybridized carbons (Fsp3) is 0.250. The van der Waals surface area contributed by atoms with Gasteiger partial charge in [-0.3, -0.25) is 9.59 Å². The highest BCUT2D eigenvalue weighted by molar-refractivity contribution is 5.85. The second kappa shape index (κ2) is 10.4. The lowest BCUT2D eigenvalue weighted by molar-refractivity contribution is -0.138. The minimum absolute atomic E-state index is 0.0412. The van der Waals surface area contributed by atoms with E-state index in [1.54, 1.807) is 4.90 Å². The van der Waals surface area contributed by atoms with Gasteiger partial charge in [0.05, 0.1) is 6.42 Å². The van der Waals surface area contributed by atoms with Crippen LogP contribution in [0, 0.1) is 0 Å². The van der Waals surface area contributed by atoms with E-state index in [0.717, 1.165) is 5.56 Å². The Morgan fingerprint density at radius 3 is 2.38 bits per heavy atom. The van der Waals surface area contributed by atoms with Crippen molar-refractivity contribution in [1.82, 2.24) is 10.2 Å². The Balaban J connectivity index is 1.54. The molecule has 0 saturated carbocycles. The van der Waals surface area contributed by atoms with E-state index in [1.807, 2.05) is 48.5 Å². The maximum absolute atomic E-state index is 12.7. The van der Waals surface area contributed by atoms with Crippen LogP contribution >= 0.6 is 0 Å². The first-order chi connectivity index (χ1) is 14.1. The summed E-state index contributed by atoms with van der Waals surface area (Å²) in [5.74, 6) is -0.939. The zero-order valence-electron chi connectivity index (χ0n) is 16.4. The summed E-state index contributed by atoms with van der Waals surface area (Å²) in [5, 5.41) is 14.7. The van der Waals surface area contributed by atoms with Crippen LogP contribution in [-0.4, -0.2) is 35.0 Å². The molecule has 0 spiro atoms. The molecule has 2 N–H and O–H groups in total. The van der Waals surface area contributed by atoms with E-state index in [1.165, 1.54) is 16.3 Å². The third-order valence-corrected chi connectivity index (χ3v) is 4.88. The second-order valence-corrected chi connectivity index (χ2v) is 7.01. The molecule has 1 amide bonds. The molecule has 0 fully saturated rings. The molecular weight excluding hydrogens is 364 g/mol. The lowest BCUT2D eigenvalue weighted by Gasteiger charge is -2.22. The van der Waals surface area contributed by atoms with E-state index < -0.39 is 5.97 Å². The monoisotopic (exact) mass is 390 g/mol. The van der Waals surface area contributed by atoms with Crippen molar-refractivity contribution in [2.75, 3.05) is 13.1 Å². The molecule has 0 aliphatic heterocycles. The molecule has 0 heterocycles. The van der Waals surface area contributed by atoms with Gasteiger partial charge in [0.1, 0.15) is 0 Å². The van der Waals surface area contributed by atoms with Gasteiger partial charge in [-0.1, -0.05) is 72.8 Å². The van der Waals surface area contributed by atoms with Crippen LogP contribution in [0.15, 0.2) is 72.8 Å². The van der Waals surface area contributed by atoms with Crippen molar-refractivity contribution in [1.29, 1.82) is 0 Å². The lowest BCUT2D eigenvalue weighted by Crippen LogP contribution is -2.34. The van der Waals surface area contributed by atoms with E-state index >= 15 is 0 Å². The quantitative estimate of drug-likeness (QED) is 0.516. The first-order valence-corrected chi connectivity index (χ1v) is 9.84. The van der Waals surface area contributed by atoms with Gasteiger partial charge in [-0.15, -0.1) is 0 Å². The Morgan fingerprint density at radius 1 is 0.862 bits per heavy atom. The topological polar surface area (TPSA) is 69.6 Å². The smallest absolute Gasteiger partial charge is 0.305 e. The van der Waals surface area contributed by atoms with Gasteiger partial charge in [0.2, 0.25) is 5.91 Å². The number of carboxylic acid groups (broad SMARTS) is 1. The Bertz CT molecular complexity index is 951. The normalized spacial score (nSPS) is 10.8. The van der Waals surface area contributed by atoms with Crippen LogP contribution in [0.4, 0.5) is 0 Å². The van der Waals surface area contributed by atoms with Gasteiger partial charge in [0.15, 0.2) is 0 Å². The number of benzene rings is 3. The van der Waals surface area contributed by atoms with Crippen LogP contribution in [-0.2, 0) is 22.7 Å². The maximum Gasteiger partial charge on any atom is 0.305 e. The van der Waals surface area contributed by atoms with Gasteiger partial charge < -0.3 is 15.3 Å². The van der Waals surface area contributed by atoms with Gasteiger partial charge >= 0.3 is 5.97 Å². The predicted octanol–water partition coefficient (Wildman–Crippen LogP) is 3.82. The zero-order chi connectivity index (χ0) is 20.5. The number of carbonyl (C=O) groups is 2. The largest absolute Gasteiger partial charge is 0.481 e. The Morgan fingerprint density at radius 2 is 1.59 bits per heavy atom. The lowest BCUT2D eigenvalue weighted by atomic mass is 10.0. The molecule has 0 unspecified atom stereocenters. The van der Waals surface area contributed by atoms with Crippen LogP contribution in [0.25, 0.3) is 10.8 Å². The summed E-state index contributed by atoms with van der Waals surface area (Å²) < 4.78 is 0. The van der Waals surface area contributed by atoms with Crippen molar-refractivity contribution in [3.05, 3.63) is 83.9 Å². The fourth-order valence-corrected chi connectivity index (χ4v) is 3.35. The van der Waals surface area contributed by atoms with Gasteiger partial charge in [-0.05, 0) is 21.9 Å². The fourth-order valence-electron chi connectivity index (χ4n) is 3.35. The van der Waals surface area contributed by atoms with Gasteiger partial charge in [-0.25, -0.2) is 0 Å². The number of fused-ring (bicyclic) bond motifs is 1. The average Bonchev–Trinajstić information content (AvgIpc) is 2.74. The third-order valence-electron chi connectivity index (χ3n) is 4.88. The molecule has 3 aromatic carbocycles. The summed E-state index contributed by atoms with van der Waals surface area (Å²) >= 11 is 0. The summed E-state index contributed by atoms with van der Waals surface area (Å²) in [6.07, 6.45) is 0.277. The molecule has 29 heavy (non-hydrogen) atoms. The molecule has 150 valence electrons. The molecule has 0 aliphatic rings. The molecule has 0 aromatic heterocycles. The molecule has 0 aliphatic carbocycles. The summed E-state index contributed by atoms with van der Waals surface area (Å²) in [6.45, 7) is 1.87. The molecule has 3 rings (SSSR count). The number of nitrogens with zero attached hydrogens (tertiary/aromatic N) is 1. The zero-order valence-corrected chi connectivity index (χ0v) is 16.4. The van der Waals surface area contributed by atoms with Crippen LogP contribution in [0.1, 0.15) is 24.0 Å². The Kier molecular flexibility index (Phi) is 7.36. The van der Waals surface area contributed by atoms with E-state index in [2.05, 4.69) is 29.6 Å². The van der Waals surface area contributed by atoms with Crippen molar-refractivity contribution in [2.45, 2.75) is 25.9 Å². The standard InChI is InChI=1S/C24H26N2O3/c27-23(26(16-14-24(28)29)18-19-7-2-1-3-8-19)13-15-25-17-21-11-6-10-20-9-4-5-12-22(20)21/h1-12,25H,13-18H2,(H,28,29). The van der Waals surface area contributed by atoms with Crippen molar-refractivity contribution in [3.8, 4) is 0 Å². The van der Waals surface area contributed by atoms with Crippen LogP contribution in [0.3, 0.4) is 0 Å². The highest BCUT2D eigenvalue weighted by Crippen LogP contribution is 2.18. The minimum Gasteiger partial charge on any atom is -0.481 e. The molecule has 5 nitrogen and oxygen atoms in total. The second-order valence-electron chi connectivity index (χ2n) is 7.01. The molecule has 5 heteroatoms. The van der Waals surface area contributed by atoms with Gasteiger partial charge in [0, 0.05) is 32.6 Å². The summed E-state index contributed by atoms with van der Waals surface area (Å²) in [6, 6.07) is 24.1. The Labute approximate surface area is 171 Å². The van der Waals surface area contributed by atoms with E-state index in [4.69, 9.17) is 5.11 Å². The van der Waals surface area contributed by atoms with Gasteiger partial charge in [0.25, 0.3) is 0 Å². The predicted molar refractivity (Wildman–Crippen MR) is 114 cm³/mol. The van der Waals surface area contributed by atoms with Crippen LogP contribution < -0.4 is 5.32 Å². The third kappa shape index (κ3) is 6.16. The first kappa shape index (κ1) is 20.6. The van der Waals surface area contributed by atoms with Crippen molar-refractivity contribution >= 4 is 22.6 Å². The molecule has 0 bridgehead atoms. The number of carbonyl (C=O) groups excluding carboxylic acids is 1. The molecular formula is C24H26N2O3. The highest BCUT2D eigenvalue weighted by Gasteiger charge is 2.15.